The van der Waals surface area contributed by atoms with E-state index in [2.05, 4.69) is 11.2 Å². The van der Waals surface area contributed by atoms with Gasteiger partial charge in [0.15, 0.2) is 5.78 Å². The minimum absolute atomic E-state index is 0.0344. The molecule has 2 aromatic carbocycles. The third-order valence-electron chi connectivity index (χ3n) is 3.20. The largest absolute Gasteiger partial charge is 0.378 e. The summed E-state index contributed by atoms with van der Waals surface area (Å²) in [6.45, 7) is 2.03. The molecule has 0 atom stereocenters. The molecule has 0 bridgehead atoms. The van der Waals surface area contributed by atoms with E-state index in [-0.39, 0.29) is 18.1 Å². The van der Waals surface area contributed by atoms with Crippen molar-refractivity contribution < 1.29 is 9.18 Å². The Labute approximate surface area is 124 Å². The van der Waals surface area contributed by atoms with Gasteiger partial charge >= 0.3 is 0 Å². The number of nitrogens with one attached hydrogen (secondary N) is 1. The highest BCUT2D eigenvalue weighted by Gasteiger charge is 2.06. The molecular formula is C18H16FNO. The molecule has 0 heterocycles. The van der Waals surface area contributed by atoms with Gasteiger partial charge in [-0.2, -0.15) is 0 Å². The Bertz CT molecular complexity index is 683. The second kappa shape index (κ2) is 6.71. The molecule has 3 heteroatoms. The molecule has 0 aliphatic heterocycles. The van der Waals surface area contributed by atoms with Crippen LogP contribution < -0.4 is 5.32 Å². The molecule has 0 aliphatic rings. The zero-order chi connectivity index (χ0) is 15.2. The maximum Gasteiger partial charge on any atom is 0.156 e. The quantitative estimate of drug-likeness (QED) is 0.852. The van der Waals surface area contributed by atoms with Gasteiger partial charge < -0.3 is 5.32 Å². The van der Waals surface area contributed by atoms with E-state index in [1.165, 1.54) is 12.1 Å². The van der Waals surface area contributed by atoms with Crippen molar-refractivity contribution in [3.05, 3.63) is 65.0 Å². The Balaban J connectivity index is 1.92. The summed E-state index contributed by atoms with van der Waals surface area (Å²) in [7, 11) is 0. The van der Waals surface area contributed by atoms with Gasteiger partial charge in [0.05, 0.1) is 6.54 Å². The van der Waals surface area contributed by atoms with Crippen LogP contribution in [0.4, 0.5) is 10.1 Å². The van der Waals surface area contributed by atoms with Crippen LogP contribution in [-0.4, -0.2) is 12.3 Å². The molecule has 0 saturated heterocycles. The monoisotopic (exact) mass is 281 g/mol. The lowest BCUT2D eigenvalue weighted by Crippen LogP contribution is -2.16. The highest BCUT2D eigenvalue weighted by molar-refractivity contribution is 5.85. The third kappa shape index (κ3) is 4.19. The SMILES string of the molecule is C#Cc1ccc(CC(=O)CNc2cc(F)ccc2C)cc1. The van der Waals surface area contributed by atoms with E-state index in [1.54, 1.807) is 6.07 Å². The molecule has 2 aromatic rings. The second-order valence-corrected chi connectivity index (χ2v) is 4.87. The number of Topliss-reactive ketones (excluding diaryl/α,β-unsaturated/α-hetero) is 1. The van der Waals surface area contributed by atoms with Crippen LogP contribution in [0.15, 0.2) is 42.5 Å². The van der Waals surface area contributed by atoms with Crippen molar-refractivity contribution in [2.75, 3.05) is 11.9 Å². The minimum atomic E-state index is -0.319. The predicted molar refractivity (Wildman–Crippen MR) is 82.7 cm³/mol. The van der Waals surface area contributed by atoms with Crippen LogP contribution in [0.1, 0.15) is 16.7 Å². The number of terminal acetylenes is 1. The molecule has 2 rings (SSSR count). The molecule has 106 valence electrons. The number of aryl methyl sites for hydroxylation is 1. The zero-order valence-corrected chi connectivity index (χ0v) is 11.8. The highest BCUT2D eigenvalue weighted by atomic mass is 19.1. The van der Waals surface area contributed by atoms with Gasteiger partial charge in [-0.3, -0.25) is 4.79 Å². The maximum absolute atomic E-state index is 13.1. The van der Waals surface area contributed by atoms with Crippen LogP contribution in [0.2, 0.25) is 0 Å². The lowest BCUT2D eigenvalue weighted by molar-refractivity contribution is -0.116. The molecule has 2 nitrogen and oxygen atoms in total. The van der Waals surface area contributed by atoms with E-state index < -0.39 is 0 Å². The van der Waals surface area contributed by atoms with Gasteiger partial charge in [-0.15, -0.1) is 6.42 Å². The van der Waals surface area contributed by atoms with Crippen molar-refractivity contribution in [1.29, 1.82) is 0 Å². The van der Waals surface area contributed by atoms with Crippen molar-refractivity contribution in [2.45, 2.75) is 13.3 Å². The molecule has 0 aliphatic carbocycles. The fourth-order valence-corrected chi connectivity index (χ4v) is 1.99. The molecule has 21 heavy (non-hydrogen) atoms. The first kappa shape index (κ1) is 14.8. The number of hydrogen-bond donors (Lipinski definition) is 1. The molecule has 0 saturated carbocycles. The van der Waals surface area contributed by atoms with Crippen molar-refractivity contribution in [2.24, 2.45) is 0 Å². The molecule has 0 aromatic heterocycles. The molecule has 0 unspecified atom stereocenters. The van der Waals surface area contributed by atoms with E-state index >= 15 is 0 Å². The van der Waals surface area contributed by atoms with Gasteiger partial charge in [-0.05, 0) is 42.3 Å². The number of halogens is 1. The first-order valence-corrected chi connectivity index (χ1v) is 6.66. The summed E-state index contributed by atoms with van der Waals surface area (Å²) >= 11 is 0. The topological polar surface area (TPSA) is 29.1 Å². The normalized spacial score (nSPS) is 9.95. The Morgan fingerprint density at radius 3 is 2.62 bits per heavy atom. The number of hydrogen-bond acceptors (Lipinski definition) is 2. The van der Waals surface area contributed by atoms with Gasteiger partial charge in [0.25, 0.3) is 0 Å². The summed E-state index contributed by atoms with van der Waals surface area (Å²) in [5.74, 6) is 2.25. The minimum Gasteiger partial charge on any atom is -0.378 e. The number of carbonyl (C=O) groups excluding carboxylic acids is 1. The van der Waals surface area contributed by atoms with Crippen LogP contribution in [0.25, 0.3) is 0 Å². The smallest absolute Gasteiger partial charge is 0.156 e. The lowest BCUT2D eigenvalue weighted by Gasteiger charge is -2.09. The van der Waals surface area contributed by atoms with E-state index in [4.69, 9.17) is 6.42 Å². The van der Waals surface area contributed by atoms with Crippen LogP contribution >= 0.6 is 0 Å². The molecule has 0 fully saturated rings. The first-order valence-electron chi connectivity index (χ1n) is 6.66. The van der Waals surface area contributed by atoms with Gasteiger partial charge in [0.1, 0.15) is 5.82 Å². The van der Waals surface area contributed by atoms with Gasteiger partial charge in [0, 0.05) is 17.7 Å². The number of ketones is 1. The molecule has 0 radical (unpaired) electrons. The van der Waals surface area contributed by atoms with Crippen molar-refractivity contribution in [3.63, 3.8) is 0 Å². The summed E-state index contributed by atoms with van der Waals surface area (Å²) in [5.41, 5.74) is 3.25. The Hall–Kier alpha value is -2.60. The van der Waals surface area contributed by atoms with Crippen LogP contribution in [0, 0.1) is 25.1 Å². The standard InChI is InChI=1S/C18H16FNO/c1-3-14-5-7-15(8-6-14)10-17(21)12-20-18-11-16(19)9-4-13(18)2/h1,4-9,11,20H,10,12H2,2H3. The van der Waals surface area contributed by atoms with E-state index in [0.717, 1.165) is 16.7 Å². The zero-order valence-electron chi connectivity index (χ0n) is 11.8. The van der Waals surface area contributed by atoms with Gasteiger partial charge in [-0.1, -0.05) is 24.1 Å². The van der Waals surface area contributed by atoms with Crippen molar-refractivity contribution in [3.8, 4) is 12.3 Å². The fourth-order valence-electron chi connectivity index (χ4n) is 1.99. The van der Waals surface area contributed by atoms with Crippen molar-refractivity contribution in [1.82, 2.24) is 0 Å². The predicted octanol–water partition coefficient (Wildman–Crippen LogP) is 3.34. The Morgan fingerprint density at radius 2 is 1.95 bits per heavy atom. The van der Waals surface area contributed by atoms with Crippen LogP contribution in [0.5, 0.6) is 0 Å². The molecular weight excluding hydrogens is 265 g/mol. The Kier molecular flexibility index (Phi) is 4.73. The Morgan fingerprint density at radius 1 is 1.24 bits per heavy atom. The fraction of sp³-hybridized carbons (Fsp3) is 0.167. The number of anilines is 1. The van der Waals surface area contributed by atoms with Gasteiger partial charge in [-0.25, -0.2) is 4.39 Å². The molecule has 0 amide bonds. The number of rotatable bonds is 5. The van der Waals surface area contributed by atoms with Crippen LogP contribution in [-0.2, 0) is 11.2 Å². The average Bonchev–Trinajstić information content (AvgIpc) is 2.49. The summed E-state index contributed by atoms with van der Waals surface area (Å²) in [6, 6.07) is 11.8. The van der Waals surface area contributed by atoms with E-state index in [9.17, 15) is 9.18 Å². The maximum atomic E-state index is 13.1. The van der Waals surface area contributed by atoms with Crippen molar-refractivity contribution >= 4 is 11.5 Å². The molecule has 0 spiro atoms. The summed E-state index contributed by atoms with van der Waals surface area (Å²) < 4.78 is 13.1. The van der Waals surface area contributed by atoms with Crippen LogP contribution in [0.3, 0.4) is 0 Å². The third-order valence-corrected chi connectivity index (χ3v) is 3.20. The molecule has 1 N–H and O–H groups in total. The second-order valence-electron chi connectivity index (χ2n) is 4.87. The first-order chi connectivity index (χ1) is 10.1. The number of carbonyl (C=O) groups is 1. The number of benzene rings is 2. The van der Waals surface area contributed by atoms with Gasteiger partial charge in [0.2, 0.25) is 0 Å². The summed E-state index contributed by atoms with van der Waals surface area (Å²) in [6.07, 6.45) is 5.61. The van der Waals surface area contributed by atoms with E-state index in [1.807, 2.05) is 31.2 Å². The summed E-state index contributed by atoms with van der Waals surface area (Å²) in [4.78, 5) is 11.9. The lowest BCUT2D eigenvalue weighted by atomic mass is 10.1. The van der Waals surface area contributed by atoms with E-state index in [0.29, 0.717) is 12.1 Å². The highest BCUT2D eigenvalue weighted by Crippen LogP contribution is 2.15. The average molecular weight is 281 g/mol. The summed E-state index contributed by atoms with van der Waals surface area (Å²) in [5, 5.41) is 2.97.